The van der Waals surface area contributed by atoms with Gasteiger partial charge < -0.3 is 10.1 Å². The van der Waals surface area contributed by atoms with E-state index in [1.54, 1.807) is 42.6 Å². The Kier molecular flexibility index (Phi) is 5.30. The number of nitrogens with one attached hydrogen (secondary N) is 1. The Bertz CT molecular complexity index is 1130. The van der Waals surface area contributed by atoms with E-state index in [4.69, 9.17) is 4.74 Å². The number of nitrogens with zero attached hydrogens (tertiary/aromatic N) is 3. The summed E-state index contributed by atoms with van der Waals surface area (Å²) in [5, 5.41) is 3.16. The van der Waals surface area contributed by atoms with Crippen molar-refractivity contribution in [1.82, 2.24) is 15.0 Å². The van der Waals surface area contributed by atoms with Crippen LogP contribution in [0.4, 0.5) is 24.7 Å². The van der Waals surface area contributed by atoms with Crippen LogP contribution in [0, 0.1) is 0 Å². The number of aromatic nitrogens is 3. The number of anilines is 2. The molecule has 8 heteroatoms. The molecule has 1 N–H and O–H groups in total. The number of pyridine rings is 3. The van der Waals surface area contributed by atoms with Gasteiger partial charge in [-0.15, -0.1) is 0 Å². The van der Waals surface area contributed by atoms with Crippen molar-refractivity contribution in [3.63, 3.8) is 0 Å². The highest BCUT2D eigenvalue weighted by Gasteiger charge is 2.32. The average Bonchev–Trinajstić information content (AvgIpc) is 2.76. The van der Waals surface area contributed by atoms with Gasteiger partial charge in [-0.25, -0.2) is 9.97 Å². The van der Waals surface area contributed by atoms with Crippen LogP contribution in [0.2, 0.25) is 0 Å². The number of hydrogen-bond acceptors (Lipinski definition) is 5. The molecule has 4 aromatic rings. The molecule has 0 unspecified atom stereocenters. The third-order valence-electron chi connectivity index (χ3n) is 4.14. The normalized spacial score (nSPS) is 11.2. The molecule has 30 heavy (non-hydrogen) atoms. The van der Waals surface area contributed by atoms with Crippen molar-refractivity contribution in [3.8, 4) is 22.8 Å². The van der Waals surface area contributed by atoms with Gasteiger partial charge >= 0.3 is 6.18 Å². The van der Waals surface area contributed by atoms with Crippen molar-refractivity contribution in [3.05, 3.63) is 91.0 Å². The molecule has 0 saturated carbocycles. The fraction of sp³-hybridized carbons (Fsp3) is 0.0455. The Balaban J connectivity index is 1.56. The molecule has 0 spiro atoms. The van der Waals surface area contributed by atoms with Gasteiger partial charge in [-0.1, -0.05) is 6.07 Å². The molecule has 0 aliphatic rings. The third kappa shape index (κ3) is 4.54. The molecule has 0 bridgehead atoms. The van der Waals surface area contributed by atoms with E-state index in [9.17, 15) is 13.2 Å². The zero-order valence-electron chi connectivity index (χ0n) is 15.5. The largest absolute Gasteiger partial charge is 0.438 e. The van der Waals surface area contributed by atoms with E-state index < -0.39 is 11.9 Å². The Hall–Kier alpha value is -3.94. The fourth-order valence-corrected chi connectivity index (χ4v) is 2.75. The van der Waals surface area contributed by atoms with Crippen LogP contribution in [0.3, 0.4) is 0 Å². The Morgan fingerprint density at radius 1 is 0.767 bits per heavy atom. The molecule has 0 aliphatic carbocycles. The molecule has 3 heterocycles. The zero-order chi connectivity index (χ0) is 21.0. The first-order chi connectivity index (χ1) is 14.5. The van der Waals surface area contributed by atoms with Gasteiger partial charge in [0.15, 0.2) is 0 Å². The molecule has 150 valence electrons. The van der Waals surface area contributed by atoms with E-state index in [-0.39, 0.29) is 5.88 Å². The third-order valence-corrected chi connectivity index (χ3v) is 4.14. The minimum absolute atomic E-state index is 0.197. The summed E-state index contributed by atoms with van der Waals surface area (Å²) in [4.78, 5) is 11.8. The average molecular weight is 408 g/mol. The van der Waals surface area contributed by atoms with Gasteiger partial charge in [0, 0.05) is 29.8 Å². The SMILES string of the molecule is FC(F)(F)c1cc(-c2cccnc2Oc2ccc(Nc3ccccn3)cc2)ccn1. The molecule has 4 rings (SSSR count). The first kappa shape index (κ1) is 19.4. The van der Waals surface area contributed by atoms with Gasteiger partial charge in [0.2, 0.25) is 5.88 Å². The second-order valence-corrected chi connectivity index (χ2v) is 6.25. The number of rotatable bonds is 5. The molecule has 0 fully saturated rings. The lowest BCUT2D eigenvalue weighted by Gasteiger charge is -2.12. The molecule has 0 atom stereocenters. The second kappa shape index (κ2) is 8.20. The summed E-state index contributed by atoms with van der Waals surface area (Å²) in [7, 11) is 0. The molecular formula is C22H15F3N4O. The lowest BCUT2D eigenvalue weighted by atomic mass is 10.1. The van der Waals surface area contributed by atoms with E-state index in [0.29, 0.717) is 22.7 Å². The first-order valence-corrected chi connectivity index (χ1v) is 8.94. The van der Waals surface area contributed by atoms with Gasteiger partial charge in [-0.2, -0.15) is 13.2 Å². The van der Waals surface area contributed by atoms with E-state index >= 15 is 0 Å². The lowest BCUT2D eigenvalue weighted by Crippen LogP contribution is -2.07. The first-order valence-electron chi connectivity index (χ1n) is 8.94. The van der Waals surface area contributed by atoms with E-state index in [1.807, 2.05) is 18.2 Å². The summed E-state index contributed by atoms with van der Waals surface area (Å²) in [5.41, 5.74) is 0.584. The maximum Gasteiger partial charge on any atom is 0.433 e. The predicted molar refractivity (Wildman–Crippen MR) is 107 cm³/mol. The summed E-state index contributed by atoms with van der Waals surface area (Å²) in [5.74, 6) is 1.39. The van der Waals surface area contributed by atoms with Gasteiger partial charge in [-0.3, -0.25) is 4.98 Å². The number of halogens is 3. The number of alkyl halides is 3. The van der Waals surface area contributed by atoms with Gasteiger partial charge in [0.25, 0.3) is 0 Å². The summed E-state index contributed by atoms with van der Waals surface area (Å²) in [6, 6.07) is 18.4. The molecule has 0 aliphatic heterocycles. The second-order valence-electron chi connectivity index (χ2n) is 6.25. The van der Waals surface area contributed by atoms with Gasteiger partial charge in [0.1, 0.15) is 17.3 Å². The van der Waals surface area contributed by atoms with Crippen LogP contribution in [0.5, 0.6) is 11.6 Å². The minimum Gasteiger partial charge on any atom is -0.438 e. The van der Waals surface area contributed by atoms with Crippen LogP contribution in [-0.2, 0) is 6.18 Å². The van der Waals surface area contributed by atoms with Crippen LogP contribution in [0.1, 0.15) is 5.69 Å². The van der Waals surface area contributed by atoms with Crippen LogP contribution in [0.25, 0.3) is 11.1 Å². The highest BCUT2D eigenvalue weighted by atomic mass is 19.4. The molecule has 0 amide bonds. The van der Waals surface area contributed by atoms with Crippen molar-refractivity contribution in [2.75, 3.05) is 5.32 Å². The van der Waals surface area contributed by atoms with Crippen LogP contribution in [-0.4, -0.2) is 15.0 Å². The molecule has 5 nitrogen and oxygen atoms in total. The monoisotopic (exact) mass is 408 g/mol. The van der Waals surface area contributed by atoms with E-state index in [2.05, 4.69) is 20.3 Å². The van der Waals surface area contributed by atoms with Crippen LogP contribution >= 0.6 is 0 Å². The zero-order valence-corrected chi connectivity index (χ0v) is 15.5. The fourth-order valence-electron chi connectivity index (χ4n) is 2.75. The van der Waals surface area contributed by atoms with Gasteiger partial charge in [-0.05, 0) is 66.2 Å². The quantitative estimate of drug-likeness (QED) is 0.433. The Labute approximate surface area is 170 Å². The molecule has 1 aromatic carbocycles. The van der Waals surface area contributed by atoms with Crippen molar-refractivity contribution < 1.29 is 17.9 Å². The van der Waals surface area contributed by atoms with Gasteiger partial charge in [0.05, 0.1) is 0 Å². The predicted octanol–water partition coefficient (Wildman–Crippen LogP) is 6.09. The number of hydrogen-bond donors (Lipinski definition) is 1. The molecule has 3 aromatic heterocycles. The Morgan fingerprint density at radius 3 is 2.30 bits per heavy atom. The summed E-state index contributed by atoms with van der Waals surface area (Å²) in [6.45, 7) is 0. The van der Waals surface area contributed by atoms with Crippen molar-refractivity contribution in [2.45, 2.75) is 6.18 Å². The van der Waals surface area contributed by atoms with E-state index in [1.165, 1.54) is 12.3 Å². The minimum atomic E-state index is -4.53. The summed E-state index contributed by atoms with van der Waals surface area (Å²) >= 11 is 0. The highest BCUT2D eigenvalue weighted by molar-refractivity contribution is 5.69. The number of benzene rings is 1. The smallest absolute Gasteiger partial charge is 0.433 e. The standard InChI is InChI=1S/C22H15F3N4O/c23-22(24,25)19-14-15(10-13-26-19)18-4-3-12-28-21(18)30-17-8-6-16(7-9-17)29-20-5-1-2-11-27-20/h1-14H,(H,27,29). The van der Waals surface area contributed by atoms with Crippen LogP contribution < -0.4 is 10.1 Å². The van der Waals surface area contributed by atoms with Crippen molar-refractivity contribution in [2.24, 2.45) is 0 Å². The van der Waals surface area contributed by atoms with Crippen LogP contribution in [0.15, 0.2) is 85.3 Å². The topological polar surface area (TPSA) is 59.9 Å². The van der Waals surface area contributed by atoms with E-state index in [0.717, 1.165) is 18.0 Å². The van der Waals surface area contributed by atoms with Crippen molar-refractivity contribution in [1.29, 1.82) is 0 Å². The molecule has 0 saturated heterocycles. The highest BCUT2D eigenvalue weighted by Crippen LogP contribution is 2.35. The maximum atomic E-state index is 13.0. The molecular weight excluding hydrogens is 393 g/mol. The van der Waals surface area contributed by atoms with Crippen molar-refractivity contribution >= 4 is 11.5 Å². The maximum absolute atomic E-state index is 13.0. The summed E-state index contributed by atoms with van der Waals surface area (Å²) in [6.07, 6.45) is -0.212. The lowest BCUT2D eigenvalue weighted by molar-refractivity contribution is -0.141. The summed E-state index contributed by atoms with van der Waals surface area (Å²) < 4.78 is 44.9. The molecule has 0 radical (unpaired) electrons. The Morgan fingerprint density at radius 2 is 1.57 bits per heavy atom. The number of ether oxygens (including phenoxy) is 1.